The van der Waals surface area contributed by atoms with Crippen molar-refractivity contribution in [1.29, 1.82) is 0 Å². The van der Waals surface area contributed by atoms with Crippen LogP contribution in [0.1, 0.15) is 27.3 Å². The number of amides is 1. The highest BCUT2D eigenvalue weighted by molar-refractivity contribution is 6.31. The number of aromatic nitrogens is 1. The lowest BCUT2D eigenvalue weighted by Crippen LogP contribution is -2.15. The number of aryl methyl sites for hydroxylation is 1. The molecule has 3 nitrogen and oxygen atoms in total. The Balaban J connectivity index is 2.04. The molecule has 0 fully saturated rings. The summed E-state index contributed by atoms with van der Waals surface area (Å²) in [6.45, 7) is 3.13. The molecule has 3 rings (SSSR count). The van der Waals surface area contributed by atoms with Gasteiger partial charge < -0.3 is 9.88 Å². The fourth-order valence-electron chi connectivity index (χ4n) is 3.06. The van der Waals surface area contributed by atoms with Gasteiger partial charge in [-0.2, -0.15) is 13.2 Å². The van der Waals surface area contributed by atoms with E-state index in [0.29, 0.717) is 11.4 Å². The number of hydrogen-bond acceptors (Lipinski definition) is 1. The van der Waals surface area contributed by atoms with Crippen LogP contribution in [0.3, 0.4) is 0 Å². The minimum atomic E-state index is -4.55. The van der Waals surface area contributed by atoms with Crippen LogP contribution in [0.2, 0.25) is 5.02 Å². The molecule has 0 radical (unpaired) electrons. The summed E-state index contributed by atoms with van der Waals surface area (Å²) in [6.07, 6.45) is -4.55. The van der Waals surface area contributed by atoms with E-state index >= 15 is 0 Å². The molecule has 0 aliphatic carbocycles. The van der Waals surface area contributed by atoms with Crippen molar-refractivity contribution in [3.63, 3.8) is 0 Å². The Morgan fingerprint density at radius 2 is 1.75 bits per heavy atom. The summed E-state index contributed by atoms with van der Waals surface area (Å²) in [5, 5.41) is 2.26. The molecule has 0 unspecified atom stereocenters. The van der Waals surface area contributed by atoms with Gasteiger partial charge in [-0.15, -0.1) is 0 Å². The second-order valence-electron chi connectivity index (χ2n) is 6.19. The molecular formula is C20H15ClF4N2O. The summed E-state index contributed by atoms with van der Waals surface area (Å²) in [6, 6.07) is 10.7. The normalized spacial score (nSPS) is 11.5. The standard InChI is InChI=1S/C20H15ClF4N2O/c1-11-10-13(19(28)26-16-8-5-7-15(21)18(16)22)12(2)27(11)17-9-4-3-6-14(17)20(23,24)25/h3-10H,1-2H3,(H,26,28). The zero-order valence-electron chi connectivity index (χ0n) is 14.9. The average molecular weight is 411 g/mol. The van der Waals surface area contributed by atoms with Crippen molar-refractivity contribution in [2.75, 3.05) is 5.32 Å². The van der Waals surface area contributed by atoms with Crippen LogP contribution in [-0.2, 0) is 6.18 Å². The number of rotatable bonds is 3. The van der Waals surface area contributed by atoms with Crippen molar-refractivity contribution < 1.29 is 22.4 Å². The molecule has 0 spiro atoms. The van der Waals surface area contributed by atoms with E-state index in [0.717, 1.165) is 6.07 Å². The van der Waals surface area contributed by atoms with E-state index in [1.165, 1.54) is 54.0 Å². The van der Waals surface area contributed by atoms with E-state index in [4.69, 9.17) is 11.6 Å². The largest absolute Gasteiger partial charge is 0.418 e. The highest BCUT2D eigenvalue weighted by Crippen LogP contribution is 2.35. The third-order valence-electron chi connectivity index (χ3n) is 4.33. The molecule has 1 N–H and O–H groups in total. The van der Waals surface area contributed by atoms with Gasteiger partial charge in [0.1, 0.15) is 0 Å². The lowest BCUT2D eigenvalue weighted by atomic mass is 10.1. The number of benzene rings is 2. The SMILES string of the molecule is Cc1cc(C(=O)Nc2cccc(Cl)c2F)c(C)n1-c1ccccc1C(F)(F)F. The maximum absolute atomic E-state index is 14.0. The van der Waals surface area contributed by atoms with E-state index in [1.807, 2.05) is 0 Å². The quantitative estimate of drug-likeness (QED) is 0.516. The zero-order valence-corrected chi connectivity index (χ0v) is 15.6. The van der Waals surface area contributed by atoms with Gasteiger partial charge in [0.15, 0.2) is 5.82 Å². The Hall–Kier alpha value is -2.80. The molecule has 8 heteroatoms. The van der Waals surface area contributed by atoms with Crippen molar-refractivity contribution in [2.24, 2.45) is 0 Å². The Bertz CT molecular complexity index is 1060. The maximum Gasteiger partial charge on any atom is 0.418 e. The van der Waals surface area contributed by atoms with Crippen LogP contribution in [-0.4, -0.2) is 10.5 Å². The molecule has 0 aliphatic rings. The van der Waals surface area contributed by atoms with Crippen LogP contribution in [0, 0.1) is 19.7 Å². The fraction of sp³-hybridized carbons (Fsp3) is 0.150. The molecular weight excluding hydrogens is 396 g/mol. The van der Waals surface area contributed by atoms with E-state index < -0.39 is 23.5 Å². The maximum atomic E-state index is 14.0. The van der Waals surface area contributed by atoms with E-state index in [2.05, 4.69) is 5.32 Å². The van der Waals surface area contributed by atoms with Crippen molar-refractivity contribution >= 4 is 23.2 Å². The van der Waals surface area contributed by atoms with Crippen molar-refractivity contribution in [3.8, 4) is 5.69 Å². The molecule has 3 aromatic rings. The molecule has 0 saturated carbocycles. The number of halogens is 5. The van der Waals surface area contributed by atoms with Gasteiger partial charge in [-0.3, -0.25) is 4.79 Å². The first kappa shape index (κ1) is 19.9. The number of hydrogen-bond donors (Lipinski definition) is 1. The Morgan fingerprint density at radius 1 is 1.07 bits per heavy atom. The predicted molar refractivity (Wildman–Crippen MR) is 99.6 cm³/mol. The topological polar surface area (TPSA) is 34.0 Å². The van der Waals surface area contributed by atoms with E-state index in [1.54, 1.807) is 6.92 Å². The van der Waals surface area contributed by atoms with Gasteiger partial charge in [0.05, 0.1) is 27.5 Å². The van der Waals surface area contributed by atoms with Crippen LogP contribution in [0.5, 0.6) is 0 Å². The van der Waals surface area contributed by atoms with Gasteiger partial charge in [-0.05, 0) is 44.2 Å². The van der Waals surface area contributed by atoms with Gasteiger partial charge in [0.25, 0.3) is 5.91 Å². The Morgan fingerprint density at radius 3 is 2.43 bits per heavy atom. The fourth-order valence-corrected chi connectivity index (χ4v) is 3.24. The first-order valence-electron chi connectivity index (χ1n) is 8.22. The van der Waals surface area contributed by atoms with E-state index in [9.17, 15) is 22.4 Å². The number of nitrogens with zero attached hydrogens (tertiary/aromatic N) is 1. The monoisotopic (exact) mass is 410 g/mol. The molecule has 1 aromatic heterocycles. The van der Waals surface area contributed by atoms with Gasteiger partial charge in [0.2, 0.25) is 0 Å². The Kier molecular flexibility index (Phi) is 5.21. The minimum absolute atomic E-state index is 0.0852. The average Bonchev–Trinajstić information content (AvgIpc) is 2.92. The summed E-state index contributed by atoms with van der Waals surface area (Å²) < 4.78 is 55.5. The molecule has 1 heterocycles. The summed E-state index contributed by atoms with van der Waals surface area (Å²) in [5.41, 5.74) is -0.144. The van der Waals surface area contributed by atoms with Gasteiger partial charge in [0, 0.05) is 11.4 Å². The summed E-state index contributed by atoms with van der Waals surface area (Å²) in [4.78, 5) is 12.6. The summed E-state index contributed by atoms with van der Waals surface area (Å²) in [5.74, 6) is -1.43. The first-order chi connectivity index (χ1) is 13.1. The van der Waals surface area contributed by atoms with Crippen molar-refractivity contribution in [3.05, 3.63) is 81.9 Å². The number of alkyl halides is 3. The molecule has 0 atom stereocenters. The minimum Gasteiger partial charge on any atom is -0.319 e. The van der Waals surface area contributed by atoms with Gasteiger partial charge in [-0.25, -0.2) is 4.39 Å². The lowest BCUT2D eigenvalue weighted by molar-refractivity contribution is -0.137. The van der Waals surface area contributed by atoms with Crippen molar-refractivity contribution in [2.45, 2.75) is 20.0 Å². The molecule has 0 bridgehead atoms. The lowest BCUT2D eigenvalue weighted by Gasteiger charge is -2.17. The summed E-state index contributed by atoms with van der Waals surface area (Å²) >= 11 is 5.71. The van der Waals surface area contributed by atoms with Gasteiger partial charge in [-0.1, -0.05) is 29.8 Å². The van der Waals surface area contributed by atoms with Crippen LogP contribution in [0.4, 0.5) is 23.2 Å². The number of anilines is 1. The highest BCUT2D eigenvalue weighted by atomic mass is 35.5. The molecule has 0 saturated heterocycles. The number of carbonyl (C=O) groups is 1. The predicted octanol–water partition coefficient (Wildman–Crippen LogP) is 6.16. The van der Waals surface area contributed by atoms with Crippen LogP contribution in [0.15, 0.2) is 48.5 Å². The van der Waals surface area contributed by atoms with Crippen LogP contribution >= 0.6 is 11.6 Å². The van der Waals surface area contributed by atoms with Gasteiger partial charge >= 0.3 is 6.18 Å². The zero-order chi connectivity index (χ0) is 20.6. The molecule has 1 amide bonds. The Labute approximate surface area is 163 Å². The highest BCUT2D eigenvalue weighted by Gasteiger charge is 2.34. The van der Waals surface area contributed by atoms with Crippen molar-refractivity contribution in [1.82, 2.24) is 4.57 Å². The number of nitrogens with one attached hydrogen (secondary N) is 1. The summed E-state index contributed by atoms with van der Waals surface area (Å²) in [7, 11) is 0. The third kappa shape index (κ3) is 3.62. The molecule has 2 aromatic carbocycles. The third-order valence-corrected chi connectivity index (χ3v) is 4.62. The van der Waals surface area contributed by atoms with E-state index in [-0.39, 0.29) is 22.0 Å². The molecule has 28 heavy (non-hydrogen) atoms. The molecule has 0 aliphatic heterocycles. The van der Waals surface area contributed by atoms with Crippen LogP contribution < -0.4 is 5.32 Å². The second kappa shape index (κ2) is 7.31. The number of para-hydroxylation sites is 1. The first-order valence-corrected chi connectivity index (χ1v) is 8.60. The van der Waals surface area contributed by atoms with Crippen LogP contribution in [0.25, 0.3) is 5.69 Å². The second-order valence-corrected chi connectivity index (χ2v) is 6.60. The molecule has 146 valence electrons. The smallest absolute Gasteiger partial charge is 0.319 e. The number of carbonyl (C=O) groups excluding carboxylic acids is 1.